The van der Waals surface area contributed by atoms with Crippen molar-refractivity contribution in [3.05, 3.63) is 48.0 Å². The molecule has 0 spiro atoms. The Bertz CT molecular complexity index is 712. The number of carbonyl (C=O) groups excluding carboxylic acids is 1. The Morgan fingerprint density at radius 3 is 2.67 bits per heavy atom. The highest BCUT2D eigenvalue weighted by Crippen LogP contribution is 2.35. The zero-order chi connectivity index (χ0) is 16.9. The maximum atomic E-state index is 12.0. The number of hydrogen-bond donors (Lipinski definition) is 1. The highest BCUT2D eigenvalue weighted by molar-refractivity contribution is 5.91. The zero-order valence-electron chi connectivity index (χ0n) is 13.9. The van der Waals surface area contributed by atoms with E-state index in [1.54, 1.807) is 18.2 Å². The largest absolute Gasteiger partial charge is 0.484 e. The van der Waals surface area contributed by atoms with Crippen molar-refractivity contribution in [2.24, 2.45) is 0 Å². The Balaban J connectivity index is 1.52. The van der Waals surface area contributed by atoms with Gasteiger partial charge in [0.15, 0.2) is 18.1 Å². The van der Waals surface area contributed by atoms with Crippen LogP contribution in [0.2, 0.25) is 0 Å². The number of ether oxygens (including phenoxy) is 3. The number of carbonyl (C=O) groups is 1. The summed E-state index contributed by atoms with van der Waals surface area (Å²) < 4.78 is 16.0. The SMILES string of the molecule is CC[C@H](C)c1ccc(NC(=O)COc2ccc3c(c2)OCO3)cc1. The lowest BCUT2D eigenvalue weighted by Gasteiger charge is -2.11. The van der Waals surface area contributed by atoms with E-state index in [1.807, 2.05) is 24.3 Å². The van der Waals surface area contributed by atoms with Gasteiger partial charge in [-0.3, -0.25) is 4.79 Å². The van der Waals surface area contributed by atoms with Gasteiger partial charge >= 0.3 is 0 Å². The summed E-state index contributed by atoms with van der Waals surface area (Å²) in [5.41, 5.74) is 2.04. The first kappa shape index (κ1) is 16.2. The molecular weight excluding hydrogens is 306 g/mol. The summed E-state index contributed by atoms with van der Waals surface area (Å²) in [6, 6.07) is 13.2. The molecule has 0 saturated heterocycles. The second kappa shape index (κ2) is 7.25. The predicted octanol–water partition coefficient (Wildman–Crippen LogP) is 3.95. The monoisotopic (exact) mass is 327 g/mol. The summed E-state index contributed by atoms with van der Waals surface area (Å²) >= 11 is 0. The molecule has 1 atom stereocenters. The third kappa shape index (κ3) is 3.79. The minimum absolute atomic E-state index is 0.0627. The van der Waals surface area contributed by atoms with Crippen LogP contribution in [0.25, 0.3) is 0 Å². The summed E-state index contributed by atoms with van der Waals surface area (Å²) in [7, 11) is 0. The fraction of sp³-hybridized carbons (Fsp3) is 0.316. The Kier molecular flexibility index (Phi) is 4.89. The number of nitrogens with one attached hydrogen (secondary N) is 1. The van der Waals surface area contributed by atoms with E-state index in [-0.39, 0.29) is 19.3 Å². The highest BCUT2D eigenvalue weighted by Gasteiger charge is 2.14. The van der Waals surface area contributed by atoms with Gasteiger partial charge in [0.25, 0.3) is 5.91 Å². The van der Waals surface area contributed by atoms with E-state index in [0.29, 0.717) is 23.2 Å². The maximum absolute atomic E-state index is 12.0. The predicted molar refractivity (Wildman–Crippen MR) is 91.8 cm³/mol. The van der Waals surface area contributed by atoms with E-state index >= 15 is 0 Å². The topological polar surface area (TPSA) is 56.8 Å². The third-order valence-corrected chi connectivity index (χ3v) is 4.09. The number of anilines is 1. The van der Waals surface area contributed by atoms with Gasteiger partial charge in [-0.15, -0.1) is 0 Å². The molecule has 24 heavy (non-hydrogen) atoms. The van der Waals surface area contributed by atoms with E-state index in [0.717, 1.165) is 12.1 Å². The van der Waals surface area contributed by atoms with Crippen molar-refractivity contribution in [1.29, 1.82) is 0 Å². The number of rotatable bonds is 6. The molecule has 5 heteroatoms. The van der Waals surface area contributed by atoms with Crippen LogP contribution in [0.15, 0.2) is 42.5 Å². The lowest BCUT2D eigenvalue weighted by atomic mass is 9.99. The van der Waals surface area contributed by atoms with Crippen LogP contribution in [0.4, 0.5) is 5.69 Å². The third-order valence-electron chi connectivity index (χ3n) is 4.09. The van der Waals surface area contributed by atoms with E-state index < -0.39 is 0 Å². The van der Waals surface area contributed by atoms with Crippen LogP contribution in [0.3, 0.4) is 0 Å². The molecule has 0 aliphatic carbocycles. The molecule has 0 radical (unpaired) electrons. The van der Waals surface area contributed by atoms with Crippen molar-refractivity contribution in [1.82, 2.24) is 0 Å². The minimum Gasteiger partial charge on any atom is -0.484 e. The summed E-state index contributed by atoms with van der Waals surface area (Å²) in [5.74, 6) is 2.20. The maximum Gasteiger partial charge on any atom is 0.262 e. The van der Waals surface area contributed by atoms with Crippen molar-refractivity contribution >= 4 is 11.6 Å². The van der Waals surface area contributed by atoms with E-state index in [2.05, 4.69) is 19.2 Å². The van der Waals surface area contributed by atoms with Crippen molar-refractivity contribution in [2.75, 3.05) is 18.7 Å². The van der Waals surface area contributed by atoms with Gasteiger partial charge in [0.05, 0.1) is 0 Å². The van der Waals surface area contributed by atoms with E-state index in [4.69, 9.17) is 14.2 Å². The Morgan fingerprint density at radius 1 is 1.17 bits per heavy atom. The number of benzene rings is 2. The van der Waals surface area contributed by atoms with Gasteiger partial charge in [0, 0.05) is 11.8 Å². The van der Waals surface area contributed by atoms with E-state index in [1.165, 1.54) is 5.56 Å². The summed E-state index contributed by atoms with van der Waals surface area (Å²) in [5, 5.41) is 2.83. The Labute approximate surface area is 141 Å². The Morgan fingerprint density at radius 2 is 1.92 bits per heavy atom. The second-order valence-corrected chi connectivity index (χ2v) is 5.78. The molecule has 1 N–H and O–H groups in total. The second-order valence-electron chi connectivity index (χ2n) is 5.78. The molecule has 2 aromatic carbocycles. The summed E-state index contributed by atoms with van der Waals surface area (Å²) in [6.07, 6.45) is 1.09. The van der Waals surface area contributed by atoms with Gasteiger partial charge in [0.1, 0.15) is 5.75 Å². The molecule has 3 rings (SSSR count). The molecule has 0 unspecified atom stereocenters. The first-order valence-corrected chi connectivity index (χ1v) is 8.08. The lowest BCUT2D eigenvalue weighted by molar-refractivity contribution is -0.118. The van der Waals surface area contributed by atoms with Gasteiger partial charge in [0.2, 0.25) is 6.79 Å². The van der Waals surface area contributed by atoms with Crippen molar-refractivity contribution < 1.29 is 19.0 Å². The van der Waals surface area contributed by atoms with Gasteiger partial charge < -0.3 is 19.5 Å². The average Bonchev–Trinajstić information content (AvgIpc) is 3.07. The number of hydrogen-bond acceptors (Lipinski definition) is 4. The highest BCUT2D eigenvalue weighted by atomic mass is 16.7. The van der Waals surface area contributed by atoms with Crippen LogP contribution >= 0.6 is 0 Å². The quantitative estimate of drug-likeness (QED) is 0.873. The van der Waals surface area contributed by atoms with Gasteiger partial charge in [-0.1, -0.05) is 26.0 Å². The normalized spacial score (nSPS) is 13.4. The van der Waals surface area contributed by atoms with Gasteiger partial charge in [-0.25, -0.2) is 0 Å². The Hall–Kier alpha value is -2.69. The minimum atomic E-state index is -0.205. The molecule has 0 saturated carbocycles. The molecule has 0 aromatic heterocycles. The molecule has 126 valence electrons. The van der Waals surface area contributed by atoms with Crippen LogP contribution in [0.5, 0.6) is 17.2 Å². The van der Waals surface area contributed by atoms with Crippen molar-refractivity contribution in [3.8, 4) is 17.2 Å². The molecule has 1 amide bonds. The van der Waals surface area contributed by atoms with Crippen molar-refractivity contribution in [3.63, 3.8) is 0 Å². The molecule has 2 aromatic rings. The summed E-state index contributed by atoms with van der Waals surface area (Å²) in [6.45, 7) is 4.50. The number of amides is 1. The van der Waals surface area contributed by atoms with E-state index in [9.17, 15) is 4.79 Å². The van der Waals surface area contributed by atoms with Crippen LogP contribution in [0, 0.1) is 0 Å². The molecular formula is C19H21NO4. The molecule has 0 bridgehead atoms. The zero-order valence-corrected chi connectivity index (χ0v) is 13.9. The fourth-order valence-electron chi connectivity index (χ4n) is 2.44. The van der Waals surface area contributed by atoms with Gasteiger partial charge in [-0.2, -0.15) is 0 Å². The van der Waals surface area contributed by atoms with Crippen LogP contribution in [0.1, 0.15) is 31.7 Å². The van der Waals surface area contributed by atoms with Crippen LogP contribution in [-0.2, 0) is 4.79 Å². The molecule has 0 fully saturated rings. The smallest absolute Gasteiger partial charge is 0.262 e. The number of fused-ring (bicyclic) bond motifs is 1. The molecule has 1 aliphatic rings. The molecule has 5 nitrogen and oxygen atoms in total. The fourth-order valence-corrected chi connectivity index (χ4v) is 2.44. The first-order chi connectivity index (χ1) is 11.7. The van der Waals surface area contributed by atoms with Crippen LogP contribution < -0.4 is 19.5 Å². The summed E-state index contributed by atoms with van der Waals surface area (Å²) in [4.78, 5) is 12.0. The molecule has 1 heterocycles. The lowest BCUT2D eigenvalue weighted by Crippen LogP contribution is -2.20. The average molecular weight is 327 g/mol. The standard InChI is InChI=1S/C19H21NO4/c1-3-13(2)14-4-6-15(7-5-14)20-19(21)11-22-16-8-9-17-18(10-16)24-12-23-17/h4-10,13H,3,11-12H2,1-2H3,(H,20,21)/t13-/m0/s1. The first-order valence-electron chi connectivity index (χ1n) is 8.08. The molecule has 1 aliphatic heterocycles. The van der Waals surface area contributed by atoms with Crippen LogP contribution in [-0.4, -0.2) is 19.3 Å². The van der Waals surface area contributed by atoms with Crippen molar-refractivity contribution in [2.45, 2.75) is 26.2 Å². The van der Waals surface area contributed by atoms with Gasteiger partial charge in [-0.05, 0) is 42.2 Å².